The zero-order chi connectivity index (χ0) is 18.7. The van der Waals surface area contributed by atoms with Crippen molar-refractivity contribution in [2.24, 2.45) is 0 Å². The minimum atomic E-state index is -0.577. The summed E-state index contributed by atoms with van der Waals surface area (Å²) in [5.41, 5.74) is 0.653. The van der Waals surface area contributed by atoms with Gasteiger partial charge in [-0.1, -0.05) is 42.8 Å². The van der Waals surface area contributed by atoms with Crippen molar-refractivity contribution >= 4 is 17.5 Å². The first-order valence-electron chi connectivity index (χ1n) is 8.88. The van der Waals surface area contributed by atoms with Crippen LogP contribution in [0.5, 0.6) is 11.5 Å². The van der Waals surface area contributed by atoms with E-state index in [-0.39, 0.29) is 17.6 Å². The Labute approximate surface area is 159 Å². The second kappa shape index (κ2) is 7.58. The summed E-state index contributed by atoms with van der Waals surface area (Å²) in [7, 11) is 0. The lowest BCUT2D eigenvalue weighted by Gasteiger charge is -2.38. The molecule has 2 aromatic carbocycles. The highest BCUT2D eigenvalue weighted by molar-refractivity contribution is 6.30. The Kier molecular flexibility index (Phi) is 5.42. The highest BCUT2D eigenvalue weighted by Gasteiger charge is 2.35. The van der Waals surface area contributed by atoms with Crippen LogP contribution in [-0.2, 0) is 4.79 Å². The lowest BCUT2D eigenvalue weighted by Crippen LogP contribution is -2.45. The number of hydrogen-bond donors (Lipinski definition) is 1. The number of ether oxygens (including phenoxy) is 2. The molecule has 2 aromatic rings. The normalized spacial score (nSPS) is 19.0. The lowest BCUT2D eigenvalue weighted by molar-refractivity contribution is -0.129. The third-order valence-electron chi connectivity index (χ3n) is 4.43. The number of carbonyl (C=O) groups is 1. The Bertz CT molecular complexity index is 790. The van der Waals surface area contributed by atoms with Gasteiger partial charge in [0, 0.05) is 17.0 Å². The minimum Gasteiger partial charge on any atom is -0.487 e. The van der Waals surface area contributed by atoms with Gasteiger partial charge in [-0.3, -0.25) is 4.79 Å². The smallest absolute Gasteiger partial charge is 0.261 e. The van der Waals surface area contributed by atoms with Gasteiger partial charge in [0.05, 0.1) is 6.04 Å². The molecular formula is C21H24ClNO3. The van der Waals surface area contributed by atoms with Crippen LogP contribution in [0.25, 0.3) is 0 Å². The number of fused-ring (bicyclic) bond motifs is 1. The third-order valence-corrected chi connectivity index (χ3v) is 4.67. The molecule has 1 N–H and O–H groups in total. The van der Waals surface area contributed by atoms with Crippen molar-refractivity contribution < 1.29 is 14.3 Å². The SMILES string of the molecule is CCC(Oc1cccc(Cl)c1)C(=O)NC1CC(C)(C)Oc2ccccc21. The molecule has 2 unspecified atom stereocenters. The molecule has 0 spiro atoms. The van der Waals surface area contributed by atoms with Crippen LogP contribution in [0.2, 0.25) is 5.02 Å². The molecule has 0 aliphatic carbocycles. The number of hydrogen-bond acceptors (Lipinski definition) is 3. The first-order chi connectivity index (χ1) is 12.4. The van der Waals surface area contributed by atoms with E-state index >= 15 is 0 Å². The van der Waals surface area contributed by atoms with Gasteiger partial charge in [-0.2, -0.15) is 0 Å². The predicted molar refractivity (Wildman–Crippen MR) is 103 cm³/mol. The molecule has 26 heavy (non-hydrogen) atoms. The van der Waals surface area contributed by atoms with Gasteiger partial charge in [0.15, 0.2) is 6.10 Å². The summed E-state index contributed by atoms with van der Waals surface area (Å²) >= 11 is 6.00. The number of benzene rings is 2. The van der Waals surface area contributed by atoms with Gasteiger partial charge in [0.2, 0.25) is 0 Å². The molecule has 0 bridgehead atoms. The van der Waals surface area contributed by atoms with Crippen molar-refractivity contribution in [3.05, 3.63) is 59.1 Å². The summed E-state index contributed by atoms with van der Waals surface area (Å²) in [6, 6.07) is 14.8. The van der Waals surface area contributed by atoms with Gasteiger partial charge in [-0.15, -0.1) is 0 Å². The van der Waals surface area contributed by atoms with Crippen LogP contribution in [0.1, 0.15) is 45.2 Å². The average Bonchev–Trinajstić information content (AvgIpc) is 2.58. The number of para-hydroxylation sites is 1. The fraction of sp³-hybridized carbons (Fsp3) is 0.381. The number of nitrogens with one attached hydrogen (secondary N) is 1. The quantitative estimate of drug-likeness (QED) is 0.809. The molecule has 5 heteroatoms. The molecule has 1 amide bonds. The van der Waals surface area contributed by atoms with Crippen LogP contribution in [-0.4, -0.2) is 17.6 Å². The van der Waals surface area contributed by atoms with E-state index in [0.717, 1.165) is 11.3 Å². The molecule has 0 saturated carbocycles. The average molecular weight is 374 g/mol. The largest absolute Gasteiger partial charge is 0.487 e. The van der Waals surface area contributed by atoms with E-state index in [1.165, 1.54) is 0 Å². The molecule has 1 aliphatic heterocycles. The molecule has 0 radical (unpaired) electrons. The van der Waals surface area contributed by atoms with Crippen LogP contribution in [0.3, 0.4) is 0 Å². The van der Waals surface area contributed by atoms with Crippen molar-refractivity contribution in [1.29, 1.82) is 0 Å². The maximum atomic E-state index is 12.8. The summed E-state index contributed by atoms with van der Waals surface area (Å²) in [6.45, 7) is 5.99. The molecule has 0 saturated heterocycles. The molecule has 0 fully saturated rings. The van der Waals surface area contributed by atoms with Crippen LogP contribution in [0.4, 0.5) is 0 Å². The number of amides is 1. The van der Waals surface area contributed by atoms with Crippen molar-refractivity contribution in [3.63, 3.8) is 0 Å². The van der Waals surface area contributed by atoms with Gasteiger partial charge in [0.1, 0.15) is 17.1 Å². The summed E-state index contributed by atoms with van der Waals surface area (Å²) in [5, 5.41) is 3.72. The Hall–Kier alpha value is -2.20. The standard InChI is InChI=1S/C21H24ClNO3/c1-4-18(25-15-9-7-8-14(22)12-15)20(24)23-17-13-21(2,3)26-19-11-6-5-10-16(17)19/h5-12,17-18H,4,13H2,1-3H3,(H,23,24). The molecule has 138 valence electrons. The Balaban J connectivity index is 1.75. The predicted octanol–water partition coefficient (Wildman–Crippen LogP) is 4.92. The van der Waals surface area contributed by atoms with E-state index in [1.807, 2.05) is 45.0 Å². The fourth-order valence-electron chi connectivity index (χ4n) is 3.22. The highest BCUT2D eigenvalue weighted by Crippen LogP contribution is 2.39. The molecule has 3 rings (SSSR count). The van der Waals surface area contributed by atoms with Crippen molar-refractivity contribution in [2.75, 3.05) is 0 Å². The van der Waals surface area contributed by atoms with Gasteiger partial charge in [-0.05, 0) is 44.5 Å². The number of rotatable bonds is 5. The molecule has 1 heterocycles. The maximum absolute atomic E-state index is 12.8. The van der Waals surface area contributed by atoms with Gasteiger partial charge < -0.3 is 14.8 Å². The summed E-state index contributed by atoms with van der Waals surface area (Å²) in [4.78, 5) is 12.8. The summed E-state index contributed by atoms with van der Waals surface area (Å²) in [5.74, 6) is 1.27. The van der Waals surface area contributed by atoms with Crippen LogP contribution in [0.15, 0.2) is 48.5 Å². The van der Waals surface area contributed by atoms with E-state index in [2.05, 4.69) is 5.32 Å². The fourth-order valence-corrected chi connectivity index (χ4v) is 3.40. The Morgan fingerprint density at radius 3 is 2.81 bits per heavy atom. The Morgan fingerprint density at radius 1 is 1.31 bits per heavy atom. The monoisotopic (exact) mass is 373 g/mol. The van der Waals surface area contributed by atoms with Crippen molar-refractivity contribution in [1.82, 2.24) is 5.32 Å². The van der Waals surface area contributed by atoms with Gasteiger partial charge in [-0.25, -0.2) is 0 Å². The number of halogens is 1. The second-order valence-corrected chi connectivity index (χ2v) is 7.57. The van der Waals surface area contributed by atoms with Crippen LogP contribution in [0, 0.1) is 0 Å². The zero-order valence-corrected chi connectivity index (χ0v) is 16.0. The molecular weight excluding hydrogens is 350 g/mol. The van der Waals surface area contributed by atoms with Gasteiger partial charge in [0.25, 0.3) is 5.91 Å². The summed E-state index contributed by atoms with van der Waals surface area (Å²) in [6.07, 6.45) is 0.683. The maximum Gasteiger partial charge on any atom is 0.261 e. The van der Waals surface area contributed by atoms with E-state index in [4.69, 9.17) is 21.1 Å². The lowest BCUT2D eigenvalue weighted by atomic mass is 9.89. The van der Waals surface area contributed by atoms with Crippen molar-refractivity contribution in [3.8, 4) is 11.5 Å². The number of carbonyl (C=O) groups excluding carboxylic acids is 1. The van der Waals surface area contributed by atoms with E-state index < -0.39 is 6.10 Å². The van der Waals surface area contributed by atoms with E-state index in [0.29, 0.717) is 23.6 Å². The first-order valence-corrected chi connectivity index (χ1v) is 9.26. The first kappa shape index (κ1) is 18.6. The third kappa shape index (κ3) is 4.31. The van der Waals surface area contributed by atoms with Gasteiger partial charge >= 0.3 is 0 Å². The van der Waals surface area contributed by atoms with Crippen LogP contribution >= 0.6 is 11.6 Å². The molecule has 4 nitrogen and oxygen atoms in total. The van der Waals surface area contributed by atoms with E-state index in [1.54, 1.807) is 24.3 Å². The molecule has 1 aliphatic rings. The Morgan fingerprint density at radius 2 is 2.08 bits per heavy atom. The molecule has 0 aromatic heterocycles. The van der Waals surface area contributed by atoms with E-state index in [9.17, 15) is 4.79 Å². The van der Waals surface area contributed by atoms with Crippen molar-refractivity contribution in [2.45, 2.75) is 51.4 Å². The summed E-state index contributed by atoms with van der Waals surface area (Å²) < 4.78 is 11.9. The highest BCUT2D eigenvalue weighted by atomic mass is 35.5. The minimum absolute atomic E-state index is 0.112. The zero-order valence-electron chi connectivity index (χ0n) is 15.3. The second-order valence-electron chi connectivity index (χ2n) is 7.14. The van der Waals surface area contributed by atoms with Crippen LogP contribution < -0.4 is 14.8 Å². The topological polar surface area (TPSA) is 47.6 Å². The molecule has 2 atom stereocenters.